The topological polar surface area (TPSA) is 64.9 Å². The molecule has 0 radical (unpaired) electrons. The van der Waals surface area contributed by atoms with Crippen LogP contribution in [-0.4, -0.2) is 10.1 Å². The SMILES string of the molecule is Cc1csc(-c2noc(N)c2-c2cccnc2)c1Cl. The number of nitrogens with two attached hydrogens (primary N) is 1. The first-order chi connectivity index (χ1) is 9.18. The van der Waals surface area contributed by atoms with Crippen molar-refractivity contribution in [1.82, 2.24) is 10.1 Å². The number of nitrogens with zero attached hydrogens (tertiary/aromatic N) is 2. The van der Waals surface area contributed by atoms with Crippen LogP contribution in [0.4, 0.5) is 5.88 Å². The fraction of sp³-hybridized carbons (Fsp3) is 0.0769. The van der Waals surface area contributed by atoms with E-state index in [0.717, 1.165) is 21.6 Å². The van der Waals surface area contributed by atoms with Crippen molar-refractivity contribution >= 4 is 28.8 Å². The zero-order valence-electron chi connectivity index (χ0n) is 10.1. The number of hydrogen-bond donors (Lipinski definition) is 1. The summed E-state index contributed by atoms with van der Waals surface area (Å²) in [5, 5.41) is 6.70. The Kier molecular flexibility index (Phi) is 3.00. The lowest BCUT2D eigenvalue weighted by atomic mass is 10.1. The third kappa shape index (κ3) is 2.01. The van der Waals surface area contributed by atoms with Crippen LogP contribution in [0.1, 0.15) is 5.56 Å². The second-order valence-corrected chi connectivity index (χ2v) is 5.33. The molecule has 0 amide bonds. The summed E-state index contributed by atoms with van der Waals surface area (Å²) in [5.74, 6) is 0.269. The van der Waals surface area contributed by atoms with Crippen LogP contribution in [0, 0.1) is 6.92 Å². The first-order valence-electron chi connectivity index (χ1n) is 5.58. The maximum atomic E-state index is 6.28. The van der Waals surface area contributed by atoms with E-state index in [2.05, 4.69) is 10.1 Å². The summed E-state index contributed by atoms with van der Waals surface area (Å²) in [4.78, 5) is 4.95. The number of nitrogen functional groups attached to an aromatic ring is 1. The minimum absolute atomic E-state index is 0.269. The summed E-state index contributed by atoms with van der Waals surface area (Å²) < 4.78 is 5.12. The second kappa shape index (κ2) is 4.68. The van der Waals surface area contributed by atoms with Crippen molar-refractivity contribution in [2.45, 2.75) is 6.92 Å². The van der Waals surface area contributed by atoms with Gasteiger partial charge in [0.1, 0.15) is 5.69 Å². The summed E-state index contributed by atoms with van der Waals surface area (Å²) in [6.45, 7) is 1.95. The smallest absolute Gasteiger partial charge is 0.230 e. The summed E-state index contributed by atoms with van der Waals surface area (Å²) in [5.41, 5.74) is 9.14. The molecule has 3 aromatic heterocycles. The van der Waals surface area contributed by atoms with Gasteiger partial charge in [-0.1, -0.05) is 22.8 Å². The van der Waals surface area contributed by atoms with Crippen molar-refractivity contribution in [1.29, 1.82) is 0 Å². The van der Waals surface area contributed by atoms with E-state index in [9.17, 15) is 0 Å². The van der Waals surface area contributed by atoms with Gasteiger partial charge >= 0.3 is 0 Å². The Labute approximate surface area is 118 Å². The molecule has 0 unspecified atom stereocenters. The van der Waals surface area contributed by atoms with Gasteiger partial charge in [0.05, 0.1) is 15.5 Å². The molecule has 3 rings (SSSR count). The van der Waals surface area contributed by atoms with Crippen molar-refractivity contribution in [2.75, 3.05) is 5.73 Å². The molecule has 3 aromatic rings. The monoisotopic (exact) mass is 291 g/mol. The lowest BCUT2D eigenvalue weighted by Crippen LogP contribution is -1.87. The average Bonchev–Trinajstić information content (AvgIpc) is 2.95. The Balaban J connectivity index is 2.22. The van der Waals surface area contributed by atoms with Crippen LogP contribution in [0.3, 0.4) is 0 Å². The van der Waals surface area contributed by atoms with Crippen LogP contribution in [-0.2, 0) is 0 Å². The predicted molar refractivity (Wildman–Crippen MR) is 77.2 cm³/mol. The maximum Gasteiger partial charge on any atom is 0.230 e. The van der Waals surface area contributed by atoms with Crippen LogP contribution in [0.25, 0.3) is 21.7 Å². The van der Waals surface area contributed by atoms with Crippen molar-refractivity contribution in [3.63, 3.8) is 0 Å². The molecule has 0 aliphatic heterocycles. The molecule has 6 heteroatoms. The van der Waals surface area contributed by atoms with Crippen molar-refractivity contribution in [2.24, 2.45) is 0 Å². The van der Waals surface area contributed by atoms with Gasteiger partial charge in [-0.05, 0) is 23.9 Å². The number of hydrogen-bond acceptors (Lipinski definition) is 5. The number of aryl methyl sites for hydroxylation is 1. The third-order valence-corrected chi connectivity index (χ3v) is 4.49. The molecule has 0 fully saturated rings. The summed E-state index contributed by atoms with van der Waals surface area (Å²) in [7, 11) is 0. The number of thiophene rings is 1. The van der Waals surface area contributed by atoms with E-state index in [-0.39, 0.29) is 5.88 Å². The Hall–Kier alpha value is -1.85. The first kappa shape index (κ1) is 12.2. The van der Waals surface area contributed by atoms with Gasteiger partial charge in [-0.3, -0.25) is 4.98 Å². The molecule has 0 bridgehead atoms. The fourth-order valence-corrected chi connectivity index (χ4v) is 3.11. The maximum absolute atomic E-state index is 6.28. The van der Waals surface area contributed by atoms with Gasteiger partial charge in [-0.15, -0.1) is 11.3 Å². The van der Waals surface area contributed by atoms with Gasteiger partial charge in [-0.2, -0.15) is 0 Å². The summed E-state index contributed by atoms with van der Waals surface area (Å²) in [6.07, 6.45) is 3.43. The van der Waals surface area contributed by atoms with E-state index in [4.69, 9.17) is 21.9 Å². The first-order valence-corrected chi connectivity index (χ1v) is 6.83. The molecule has 0 spiro atoms. The zero-order valence-corrected chi connectivity index (χ0v) is 11.6. The number of aromatic nitrogens is 2. The Morgan fingerprint density at radius 1 is 1.42 bits per heavy atom. The Morgan fingerprint density at radius 3 is 2.89 bits per heavy atom. The highest BCUT2D eigenvalue weighted by molar-refractivity contribution is 7.14. The molecule has 0 saturated carbocycles. The zero-order chi connectivity index (χ0) is 13.4. The molecule has 0 aliphatic carbocycles. The third-order valence-electron chi connectivity index (χ3n) is 2.78. The standard InChI is InChI=1S/C13H10ClN3OS/c1-7-6-19-12(10(7)14)11-9(13(15)18-17-11)8-3-2-4-16-5-8/h2-6H,15H2,1H3. The van der Waals surface area contributed by atoms with Crippen molar-refractivity contribution in [3.05, 3.63) is 40.5 Å². The van der Waals surface area contributed by atoms with E-state index >= 15 is 0 Å². The largest absolute Gasteiger partial charge is 0.367 e. The van der Waals surface area contributed by atoms with Gasteiger partial charge in [0.15, 0.2) is 0 Å². The molecular formula is C13H10ClN3OS. The van der Waals surface area contributed by atoms with Gasteiger partial charge in [-0.25, -0.2) is 0 Å². The normalized spacial score (nSPS) is 10.8. The summed E-state index contributed by atoms with van der Waals surface area (Å²) >= 11 is 7.81. The summed E-state index contributed by atoms with van der Waals surface area (Å²) in [6, 6.07) is 3.75. The molecule has 0 aromatic carbocycles. The number of rotatable bonds is 2. The number of pyridine rings is 1. The van der Waals surface area contributed by atoms with Crippen LogP contribution in [0.15, 0.2) is 34.4 Å². The predicted octanol–water partition coefficient (Wildman–Crippen LogP) is 4.01. The van der Waals surface area contributed by atoms with E-state index in [0.29, 0.717) is 10.7 Å². The van der Waals surface area contributed by atoms with Gasteiger partial charge in [0.25, 0.3) is 0 Å². The van der Waals surface area contributed by atoms with Crippen LogP contribution < -0.4 is 5.73 Å². The van der Waals surface area contributed by atoms with Crippen LogP contribution in [0.5, 0.6) is 0 Å². The van der Waals surface area contributed by atoms with Gasteiger partial charge in [0.2, 0.25) is 5.88 Å². The molecule has 3 heterocycles. The van der Waals surface area contributed by atoms with Gasteiger partial charge in [0, 0.05) is 18.0 Å². The molecular weight excluding hydrogens is 282 g/mol. The molecule has 0 atom stereocenters. The lowest BCUT2D eigenvalue weighted by Gasteiger charge is -2.00. The molecule has 0 saturated heterocycles. The van der Waals surface area contributed by atoms with E-state index < -0.39 is 0 Å². The van der Waals surface area contributed by atoms with E-state index in [1.807, 2.05) is 24.4 Å². The van der Waals surface area contributed by atoms with Crippen LogP contribution >= 0.6 is 22.9 Å². The van der Waals surface area contributed by atoms with Crippen LogP contribution in [0.2, 0.25) is 5.02 Å². The lowest BCUT2D eigenvalue weighted by molar-refractivity contribution is 0.439. The molecule has 96 valence electrons. The highest BCUT2D eigenvalue weighted by Gasteiger charge is 2.21. The molecule has 19 heavy (non-hydrogen) atoms. The molecule has 4 nitrogen and oxygen atoms in total. The van der Waals surface area contributed by atoms with Gasteiger partial charge < -0.3 is 10.3 Å². The Morgan fingerprint density at radius 2 is 2.26 bits per heavy atom. The highest BCUT2D eigenvalue weighted by Crippen LogP contribution is 2.42. The quantitative estimate of drug-likeness (QED) is 0.775. The minimum atomic E-state index is 0.269. The van der Waals surface area contributed by atoms with Crippen molar-refractivity contribution < 1.29 is 4.52 Å². The van der Waals surface area contributed by atoms with Crippen molar-refractivity contribution in [3.8, 4) is 21.7 Å². The molecule has 2 N–H and O–H groups in total. The van der Waals surface area contributed by atoms with E-state index in [1.54, 1.807) is 12.4 Å². The minimum Gasteiger partial charge on any atom is -0.367 e. The number of halogens is 1. The van der Waals surface area contributed by atoms with E-state index in [1.165, 1.54) is 11.3 Å². The molecule has 0 aliphatic rings. The number of anilines is 1. The average molecular weight is 292 g/mol. The Bertz CT molecular complexity index is 721. The fourth-order valence-electron chi connectivity index (χ4n) is 1.84. The second-order valence-electron chi connectivity index (χ2n) is 4.07. The highest BCUT2D eigenvalue weighted by atomic mass is 35.5.